The second-order valence-electron chi connectivity index (χ2n) is 13.5. The summed E-state index contributed by atoms with van der Waals surface area (Å²) in [6.45, 7) is 7.26. The number of hydrogen-bond acceptors (Lipinski definition) is 8. The van der Waals surface area contributed by atoms with Crippen molar-refractivity contribution in [1.29, 1.82) is 0 Å². The third-order valence-corrected chi connectivity index (χ3v) is 12.7. The summed E-state index contributed by atoms with van der Waals surface area (Å²) in [5.74, 6) is -0.824. The molecule has 250 valence electrons. The first-order valence-electron chi connectivity index (χ1n) is 16.5. The van der Waals surface area contributed by atoms with Gasteiger partial charge in [0.15, 0.2) is 13.9 Å². The Morgan fingerprint density at radius 3 is 2.44 bits per heavy atom. The van der Waals surface area contributed by atoms with Gasteiger partial charge in [0.05, 0.1) is 43.1 Å². The third-order valence-electron chi connectivity index (χ3n) is 10.2. The second-order valence-corrected chi connectivity index (χ2v) is 17.5. The van der Waals surface area contributed by atoms with E-state index in [2.05, 4.69) is 10.3 Å². The van der Waals surface area contributed by atoms with Gasteiger partial charge in [-0.25, -0.2) is 4.79 Å². The van der Waals surface area contributed by atoms with E-state index < -0.39 is 26.1 Å². The van der Waals surface area contributed by atoms with Crippen molar-refractivity contribution in [1.82, 2.24) is 15.0 Å². The summed E-state index contributed by atoms with van der Waals surface area (Å²) in [4.78, 5) is 42.5. The average Bonchev–Trinajstić information content (AvgIpc) is 3.84. The van der Waals surface area contributed by atoms with Gasteiger partial charge in [0.25, 0.3) is 5.91 Å². The Labute approximate surface area is 280 Å². The van der Waals surface area contributed by atoms with Crippen LogP contribution in [0.3, 0.4) is 0 Å². The number of benzene rings is 3. The number of ether oxygens (including phenoxy) is 2. The molecule has 1 unspecified atom stereocenters. The minimum absolute atomic E-state index is 0.0982. The highest BCUT2D eigenvalue weighted by Crippen LogP contribution is 2.60. The molecule has 7 rings (SSSR count). The van der Waals surface area contributed by atoms with Crippen LogP contribution in [0.1, 0.15) is 41.6 Å². The fraction of sp³-hybridized carbons (Fsp3) is 0.389. The molecule has 2 fully saturated rings. The van der Waals surface area contributed by atoms with Crippen LogP contribution in [0.2, 0.25) is 18.6 Å². The molecule has 2 N–H and O–H groups in total. The van der Waals surface area contributed by atoms with E-state index in [1.807, 2.05) is 105 Å². The number of carbonyl (C=O) groups is 2. The van der Waals surface area contributed by atoms with Crippen molar-refractivity contribution in [3.8, 4) is 0 Å². The van der Waals surface area contributed by atoms with E-state index >= 15 is 0 Å². The van der Waals surface area contributed by atoms with Gasteiger partial charge in [0.2, 0.25) is 0 Å². The standard InChI is InChI=1S/C36H41N5O6Si/c1-24-33(48(2,3)45)32(16-17-39-22-30(37-38-39)28(23-42)26-12-8-5-9-13-26)47-36(24)29-20-27(40-18-19-46-35(40)44)14-15-31(29)41(34(36)43)21-25-10-6-4-7-11-25/h4-15,20,22,24,28,32-33,42,45H,16-19,21,23H2,1-3H3/t24-,28?,32+,33-,36+/m0/s1. The van der Waals surface area contributed by atoms with Crippen LogP contribution in [0.4, 0.5) is 16.2 Å². The number of rotatable bonds is 10. The van der Waals surface area contributed by atoms with Crippen LogP contribution >= 0.6 is 0 Å². The SMILES string of the molecule is C[C@H]1[C@H]([Si](C)(C)O)[C@@H](CCn2cc(C(CO)c3ccccc3)nn2)O[C@]12C(=O)N(Cc1ccccc1)c1ccc(N3CCOC3=O)cc12. The number of anilines is 2. The molecule has 3 aliphatic rings. The first-order chi connectivity index (χ1) is 23.1. The smallest absolute Gasteiger partial charge is 0.414 e. The molecule has 2 saturated heterocycles. The molecule has 2 amide bonds. The molecule has 3 aromatic carbocycles. The minimum atomic E-state index is -2.90. The molecule has 5 atom stereocenters. The van der Waals surface area contributed by atoms with E-state index in [4.69, 9.17) is 9.47 Å². The molecule has 1 spiro atoms. The normalized spacial score (nSPS) is 24.4. The van der Waals surface area contributed by atoms with Gasteiger partial charge in [-0.3, -0.25) is 14.4 Å². The van der Waals surface area contributed by atoms with Crippen LogP contribution in [0, 0.1) is 5.92 Å². The number of hydrogen-bond donors (Lipinski definition) is 2. The van der Waals surface area contributed by atoms with Crippen LogP contribution in [0.5, 0.6) is 0 Å². The Morgan fingerprint density at radius 1 is 1.04 bits per heavy atom. The number of carbonyl (C=O) groups excluding carboxylic acids is 2. The van der Waals surface area contributed by atoms with Gasteiger partial charge < -0.3 is 24.3 Å². The molecule has 0 aliphatic carbocycles. The molecule has 3 aliphatic heterocycles. The Hall–Kier alpha value is -4.36. The predicted molar refractivity (Wildman–Crippen MR) is 182 cm³/mol. The summed E-state index contributed by atoms with van der Waals surface area (Å²) in [5, 5.41) is 18.9. The Balaban J connectivity index is 1.22. The number of amides is 2. The van der Waals surface area contributed by atoms with Crippen molar-refractivity contribution < 1.29 is 29.0 Å². The molecule has 12 heteroatoms. The monoisotopic (exact) mass is 667 g/mol. The molecule has 0 saturated carbocycles. The van der Waals surface area contributed by atoms with Gasteiger partial charge in [-0.2, -0.15) is 0 Å². The quantitative estimate of drug-likeness (QED) is 0.231. The first-order valence-corrected chi connectivity index (χ1v) is 19.5. The lowest BCUT2D eigenvalue weighted by Gasteiger charge is -2.32. The van der Waals surface area contributed by atoms with Gasteiger partial charge in [-0.05, 0) is 48.8 Å². The molecule has 48 heavy (non-hydrogen) atoms. The van der Waals surface area contributed by atoms with Crippen LogP contribution in [-0.4, -0.2) is 71.1 Å². The van der Waals surface area contributed by atoms with Crippen molar-refractivity contribution in [2.24, 2.45) is 5.92 Å². The van der Waals surface area contributed by atoms with Crippen LogP contribution in [0.25, 0.3) is 0 Å². The van der Waals surface area contributed by atoms with E-state index in [0.29, 0.717) is 49.6 Å². The molecular formula is C36H41N5O6Si. The van der Waals surface area contributed by atoms with Gasteiger partial charge in [0, 0.05) is 35.5 Å². The number of cyclic esters (lactones) is 1. The number of aliphatic hydroxyl groups is 1. The topological polar surface area (TPSA) is 130 Å². The molecule has 4 heterocycles. The summed E-state index contributed by atoms with van der Waals surface area (Å²) in [6, 6.07) is 25.2. The van der Waals surface area contributed by atoms with Crippen LogP contribution in [-0.2, 0) is 33.0 Å². The zero-order chi connectivity index (χ0) is 33.6. The Bertz CT molecular complexity index is 1800. The lowest BCUT2D eigenvalue weighted by Crippen LogP contribution is -2.46. The molecule has 1 aromatic heterocycles. The van der Waals surface area contributed by atoms with Gasteiger partial charge in [0.1, 0.15) is 6.61 Å². The number of aliphatic hydroxyl groups excluding tert-OH is 1. The summed E-state index contributed by atoms with van der Waals surface area (Å²) in [5.41, 5.74) is 3.06. The summed E-state index contributed by atoms with van der Waals surface area (Å²) < 4.78 is 14.0. The highest BCUT2D eigenvalue weighted by Gasteiger charge is 2.66. The average molecular weight is 668 g/mol. The maximum Gasteiger partial charge on any atom is 0.414 e. The largest absolute Gasteiger partial charge is 0.447 e. The fourth-order valence-corrected chi connectivity index (χ4v) is 10.6. The number of fused-ring (bicyclic) bond motifs is 2. The summed E-state index contributed by atoms with van der Waals surface area (Å²) >= 11 is 0. The fourth-order valence-electron chi connectivity index (χ4n) is 7.95. The van der Waals surface area contributed by atoms with Gasteiger partial charge >= 0.3 is 6.09 Å². The van der Waals surface area contributed by atoms with Crippen molar-refractivity contribution in [3.05, 3.63) is 107 Å². The van der Waals surface area contributed by atoms with E-state index in [1.165, 1.54) is 0 Å². The second kappa shape index (κ2) is 12.6. The Morgan fingerprint density at radius 2 is 1.77 bits per heavy atom. The predicted octanol–water partition coefficient (Wildman–Crippen LogP) is 4.79. The van der Waals surface area contributed by atoms with E-state index in [9.17, 15) is 19.5 Å². The lowest BCUT2D eigenvalue weighted by atomic mass is 9.82. The summed E-state index contributed by atoms with van der Waals surface area (Å²) in [7, 11) is -2.90. The van der Waals surface area contributed by atoms with Gasteiger partial charge in [-0.1, -0.05) is 72.8 Å². The molecular weight excluding hydrogens is 627 g/mol. The third kappa shape index (κ3) is 5.52. The maximum absolute atomic E-state index is 14.8. The highest BCUT2D eigenvalue weighted by atomic mass is 28.4. The van der Waals surface area contributed by atoms with Crippen molar-refractivity contribution in [2.75, 3.05) is 29.6 Å². The number of aryl methyl sites for hydroxylation is 1. The molecule has 0 bridgehead atoms. The lowest BCUT2D eigenvalue weighted by molar-refractivity contribution is -0.146. The molecule has 4 aromatic rings. The maximum atomic E-state index is 14.8. The van der Waals surface area contributed by atoms with Crippen molar-refractivity contribution >= 4 is 31.7 Å². The zero-order valence-electron chi connectivity index (χ0n) is 27.4. The summed E-state index contributed by atoms with van der Waals surface area (Å²) in [6.07, 6.45) is 1.47. The van der Waals surface area contributed by atoms with Gasteiger partial charge in [-0.15, -0.1) is 5.10 Å². The zero-order valence-corrected chi connectivity index (χ0v) is 28.4. The molecule has 11 nitrogen and oxygen atoms in total. The van der Waals surface area contributed by atoms with Crippen LogP contribution in [0.15, 0.2) is 85.1 Å². The first kappa shape index (κ1) is 32.2. The van der Waals surface area contributed by atoms with E-state index in [1.54, 1.807) is 14.5 Å². The Kier molecular flexibility index (Phi) is 8.44. The van der Waals surface area contributed by atoms with Crippen molar-refractivity contribution in [3.63, 3.8) is 0 Å². The highest BCUT2D eigenvalue weighted by molar-refractivity contribution is 6.71. The van der Waals surface area contributed by atoms with Crippen LogP contribution < -0.4 is 9.80 Å². The van der Waals surface area contributed by atoms with E-state index in [-0.39, 0.29) is 29.9 Å². The minimum Gasteiger partial charge on any atom is -0.447 e. The van der Waals surface area contributed by atoms with E-state index in [0.717, 1.165) is 16.8 Å². The number of nitrogens with zero attached hydrogens (tertiary/aromatic N) is 5. The van der Waals surface area contributed by atoms with Crippen molar-refractivity contribution in [2.45, 2.75) is 62.7 Å². The number of aromatic nitrogens is 3. The molecule has 0 radical (unpaired) electrons.